The van der Waals surface area contributed by atoms with Crippen LogP contribution in [-0.4, -0.2) is 37.2 Å². The third-order valence-electron chi connectivity index (χ3n) is 12.9. The Bertz CT molecular complexity index is 1370. The van der Waals surface area contributed by atoms with Crippen molar-refractivity contribution >= 4 is 17.9 Å². The molecule has 71 heavy (non-hydrogen) atoms. The second-order valence-electron chi connectivity index (χ2n) is 19.9. The Morgan fingerprint density at radius 3 is 0.915 bits per heavy atom. The fourth-order valence-electron chi connectivity index (χ4n) is 8.35. The lowest BCUT2D eigenvalue weighted by Gasteiger charge is -2.18. The van der Waals surface area contributed by atoms with Gasteiger partial charge >= 0.3 is 17.9 Å². The highest BCUT2D eigenvalue weighted by atomic mass is 16.6. The van der Waals surface area contributed by atoms with Crippen LogP contribution in [0.5, 0.6) is 0 Å². The summed E-state index contributed by atoms with van der Waals surface area (Å²) in [6.45, 7) is 6.49. The van der Waals surface area contributed by atoms with Crippen LogP contribution in [0.3, 0.4) is 0 Å². The van der Waals surface area contributed by atoms with Crippen LogP contribution in [0.1, 0.15) is 290 Å². The molecule has 0 aromatic heterocycles. The molecule has 6 nitrogen and oxygen atoms in total. The maximum Gasteiger partial charge on any atom is 0.306 e. The summed E-state index contributed by atoms with van der Waals surface area (Å²) in [5, 5.41) is 0. The second kappa shape index (κ2) is 59.2. The molecule has 0 amide bonds. The topological polar surface area (TPSA) is 78.9 Å². The van der Waals surface area contributed by atoms with Crippen molar-refractivity contribution in [3.63, 3.8) is 0 Å². The van der Waals surface area contributed by atoms with E-state index in [1.165, 1.54) is 167 Å². The highest BCUT2D eigenvalue weighted by molar-refractivity contribution is 5.71. The smallest absolute Gasteiger partial charge is 0.306 e. The number of hydrogen-bond donors (Lipinski definition) is 0. The van der Waals surface area contributed by atoms with E-state index in [2.05, 4.69) is 106 Å². The molecule has 0 heterocycles. The number of carbonyl (C=O) groups excluding carboxylic acids is 3. The molecule has 0 aliphatic heterocycles. The highest BCUT2D eigenvalue weighted by Gasteiger charge is 2.19. The van der Waals surface area contributed by atoms with E-state index in [0.29, 0.717) is 19.3 Å². The summed E-state index contributed by atoms with van der Waals surface area (Å²) in [5.74, 6) is -0.958. The van der Waals surface area contributed by atoms with Gasteiger partial charge in [0, 0.05) is 19.3 Å². The monoisotopic (exact) mass is 989 g/mol. The first kappa shape index (κ1) is 67.6. The molecular weight excluding hydrogens is 877 g/mol. The minimum absolute atomic E-state index is 0.101. The Balaban J connectivity index is 4.45. The van der Waals surface area contributed by atoms with Gasteiger partial charge in [0.2, 0.25) is 0 Å². The van der Waals surface area contributed by atoms with Crippen molar-refractivity contribution in [1.29, 1.82) is 0 Å². The van der Waals surface area contributed by atoms with Crippen LogP contribution >= 0.6 is 0 Å². The van der Waals surface area contributed by atoms with E-state index in [9.17, 15) is 14.4 Å². The molecule has 0 aromatic rings. The van der Waals surface area contributed by atoms with E-state index in [1.807, 2.05) is 0 Å². The van der Waals surface area contributed by atoms with Crippen LogP contribution in [0.2, 0.25) is 0 Å². The number of esters is 3. The number of ether oxygens (including phenoxy) is 3. The van der Waals surface area contributed by atoms with E-state index in [0.717, 1.165) is 77.0 Å². The van der Waals surface area contributed by atoms with Gasteiger partial charge in [-0.15, -0.1) is 0 Å². The van der Waals surface area contributed by atoms with Crippen molar-refractivity contribution in [2.45, 2.75) is 297 Å². The Hall–Kier alpha value is -3.41. The molecule has 0 aromatic carbocycles. The summed E-state index contributed by atoms with van der Waals surface area (Å²) in [7, 11) is 0. The first-order valence-corrected chi connectivity index (χ1v) is 30.1. The molecule has 408 valence electrons. The number of hydrogen-bond acceptors (Lipinski definition) is 6. The summed E-state index contributed by atoms with van der Waals surface area (Å²) in [5.41, 5.74) is 0. The third-order valence-corrected chi connectivity index (χ3v) is 12.9. The van der Waals surface area contributed by atoms with Gasteiger partial charge in [0.25, 0.3) is 0 Å². The van der Waals surface area contributed by atoms with Gasteiger partial charge < -0.3 is 14.2 Å². The van der Waals surface area contributed by atoms with Gasteiger partial charge in [0.05, 0.1) is 0 Å². The summed E-state index contributed by atoms with van der Waals surface area (Å²) < 4.78 is 16.8. The molecule has 0 rings (SSSR count). The molecule has 0 saturated carbocycles. The lowest BCUT2D eigenvalue weighted by atomic mass is 10.1. The van der Waals surface area contributed by atoms with Crippen molar-refractivity contribution in [3.05, 3.63) is 85.1 Å². The second-order valence-corrected chi connectivity index (χ2v) is 19.9. The average Bonchev–Trinajstić information content (AvgIpc) is 3.37. The largest absolute Gasteiger partial charge is 0.462 e. The molecule has 0 spiro atoms. The van der Waals surface area contributed by atoms with Gasteiger partial charge in [-0.1, -0.05) is 247 Å². The van der Waals surface area contributed by atoms with Gasteiger partial charge in [-0.05, 0) is 109 Å². The fraction of sp³-hybridized carbons (Fsp3) is 0.738. The first-order chi connectivity index (χ1) is 35.0. The molecule has 0 bridgehead atoms. The normalized spacial score (nSPS) is 12.7. The van der Waals surface area contributed by atoms with E-state index in [1.54, 1.807) is 0 Å². The van der Waals surface area contributed by atoms with E-state index >= 15 is 0 Å². The van der Waals surface area contributed by atoms with Crippen LogP contribution < -0.4 is 0 Å². The summed E-state index contributed by atoms with van der Waals surface area (Å²) in [4.78, 5) is 38.2. The first-order valence-electron chi connectivity index (χ1n) is 30.1. The average molecular weight is 990 g/mol. The Kier molecular flexibility index (Phi) is 56.3. The van der Waals surface area contributed by atoms with Crippen LogP contribution in [0.4, 0.5) is 0 Å². The minimum Gasteiger partial charge on any atom is -0.462 e. The van der Waals surface area contributed by atoms with E-state index in [4.69, 9.17) is 14.2 Å². The lowest BCUT2D eigenvalue weighted by molar-refractivity contribution is -0.167. The van der Waals surface area contributed by atoms with Gasteiger partial charge in [-0.2, -0.15) is 0 Å². The Morgan fingerprint density at radius 2 is 0.563 bits per heavy atom. The SMILES string of the molecule is CC/C=C\C/C=C\C/C=C\C/C=C\C/C=C\CCCC(=O)O[C@@H](COC(=O)CCCCCCCCC/C=C\CCCCCCCC)COC(=O)CCCCCCCCCCC/C=C\CCCCCCCC. The van der Waals surface area contributed by atoms with Crippen molar-refractivity contribution in [2.75, 3.05) is 13.2 Å². The van der Waals surface area contributed by atoms with Crippen molar-refractivity contribution in [2.24, 2.45) is 0 Å². The lowest BCUT2D eigenvalue weighted by Crippen LogP contribution is -2.30. The molecule has 0 aliphatic carbocycles. The molecule has 1 atom stereocenters. The molecule has 0 fully saturated rings. The van der Waals surface area contributed by atoms with Crippen molar-refractivity contribution < 1.29 is 28.6 Å². The summed E-state index contributed by atoms with van der Waals surface area (Å²) >= 11 is 0. The standard InChI is InChI=1S/C65H112O6/c1-4-7-10-13-16-19-22-25-28-31-32-35-37-40-43-46-49-52-55-58-64(67)70-61-62(71-65(68)59-56-53-50-47-44-41-38-34-30-27-24-21-18-15-12-9-6-3)60-69-63(66)57-54-51-48-45-42-39-36-33-29-26-23-20-17-14-11-8-5-2/h9,12,18,21,25-30,38,41,47,50,62H,4-8,10-11,13-17,19-20,22-24,31-37,39-40,42-46,48-49,51-61H2,1-3H3/b12-9-,21-18-,28-25-,29-26-,30-27-,41-38-,50-47-/t62-/m0/s1. The van der Waals surface area contributed by atoms with Gasteiger partial charge in [0.1, 0.15) is 13.2 Å². The molecule has 0 unspecified atom stereocenters. The zero-order chi connectivity index (χ0) is 51.4. The summed E-state index contributed by atoms with van der Waals surface area (Å²) in [6.07, 6.45) is 77.2. The van der Waals surface area contributed by atoms with Crippen LogP contribution in [-0.2, 0) is 28.6 Å². The number of carbonyl (C=O) groups is 3. The number of unbranched alkanes of at least 4 members (excludes halogenated alkanes) is 29. The van der Waals surface area contributed by atoms with Crippen molar-refractivity contribution in [1.82, 2.24) is 0 Å². The predicted molar refractivity (Wildman–Crippen MR) is 307 cm³/mol. The molecular formula is C65H112O6. The molecule has 0 N–H and O–H groups in total. The van der Waals surface area contributed by atoms with Crippen LogP contribution in [0.25, 0.3) is 0 Å². The minimum atomic E-state index is -0.810. The maximum absolute atomic E-state index is 12.9. The van der Waals surface area contributed by atoms with E-state index in [-0.39, 0.29) is 37.5 Å². The Morgan fingerprint density at radius 1 is 0.296 bits per heavy atom. The van der Waals surface area contributed by atoms with Crippen molar-refractivity contribution in [3.8, 4) is 0 Å². The van der Waals surface area contributed by atoms with Crippen LogP contribution in [0, 0.1) is 0 Å². The fourth-order valence-corrected chi connectivity index (χ4v) is 8.35. The zero-order valence-corrected chi connectivity index (χ0v) is 46.7. The number of rotatable bonds is 54. The van der Waals surface area contributed by atoms with E-state index < -0.39 is 6.10 Å². The number of allylic oxidation sites excluding steroid dienone is 14. The molecule has 6 heteroatoms. The zero-order valence-electron chi connectivity index (χ0n) is 46.7. The van der Waals surface area contributed by atoms with Crippen LogP contribution in [0.15, 0.2) is 85.1 Å². The molecule has 0 saturated heterocycles. The highest BCUT2D eigenvalue weighted by Crippen LogP contribution is 2.15. The quantitative estimate of drug-likeness (QED) is 0.0261. The molecule has 0 aliphatic rings. The van der Waals surface area contributed by atoms with Gasteiger partial charge in [0.15, 0.2) is 6.10 Å². The molecule has 0 radical (unpaired) electrons. The Labute approximate surface area is 439 Å². The van der Waals surface area contributed by atoms with Gasteiger partial charge in [-0.25, -0.2) is 0 Å². The third kappa shape index (κ3) is 57.4. The maximum atomic E-state index is 12.9. The predicted octanol–water partition coefficient (Wildman–Crippen LogP) is 20.3. The summed E-state index contributed by atoms with van der Waals surface area (Å²) in [6, 6.07) is 0. The van der Waals surface area contributed by atoms with Gasteiger partial charge in [-0.3, -0.25) is 14.4 Å².